The van der Waals surface area contributed by atoms with E-state index in [2.05, 4.69) is 34.6 Å². The molecule has 0 unspecified atom stereocenters. The van der Waals surface area contributed by atoms with Crippen LogP contribution >= 0.6 is 22.9 Å². The second kappa shape index (κ2) is 4.47. The van der Waals surface area contributed by atoms with Crippen molar-refractivity contribution < 1.29 is 0 Å². The number of rotatable bonds is 2. The number of benzene rings is 2. The number of nitrogens with zero attached hydrogens (tertiary/aromatic N) is 1. The van der Waals surface area contributed by atoms with Crippen molar-refractivity contribution in [1.29, 1.82) is 0 Å². The van der Waals surface area contributed by atoms with E-state index < -0.39 is 0 Å². The third-order valence-electron chi connectivity index (χ3n) is 2.81. The quantitative estimate of drug-likeness (QED) is 0.658. The average molecular weight is 260 g/mol. The van der Waals surface area contributed by atoms with Gasteiger partial charge in [0, 0.05) is 22.2 Å². The largest absolute Gasteiger partial charge is 0.249 e. The summed E-state index contributed by atoms with van der Waals surface area (Å²) in [4.78, 5) is 4.33. The monoisotopic (exact) mass is 259 g/mol. The first kappa shape index (κ1) is 10.8. The second-order valence-electron chi connectivity index (χ2n) is 3.91. The Balaban J connectivity index is 2.14. The fourth-order valence-electron chi connectivity index (χ4n) is 2.01. The molecule has 0 amide bonds. The van der Waals surface area contributed by atoms with E-state index in [1.54, 1.807) is 11.3 Å². The van der Waals surface area contributed by atoms with Gasteiger partial charge in [-0.3, -0.25) is 0 Å². The third kappa shape index (κ3) is 2.06. The molecule has 0 spiro atoms. The second-order valence-corrected chi connectivity index (χ2v) is 5.03. The molecule has 3 rings (SSSR count). The predicted octanol–water partition coefficient (Wildman–Crippen LogP) is 4.54. The molecule has 0 saturated heterocycles. The molecule has 2 aromatic carbocycles. The Morgan fingerprint density at radius 1 is 1.06 bits per heavy atom. The van der Waals surface area contributed by atoms with E-state index in [-0.39, 0.29) is 0 Å². The van der Waals surface area contributed by atoms with Gasteiger partial charge in [-0.1, -0.05) is 41.9 Å². The zero-order chi connectivity index (χ0) is 11.7. The van der Waals surface area contributed by atoms with Gasteiger partial charge in [0.25, 0.3) is 0 Å². The summed E-state index contributed by atoms with van der Waals surface area (Å²) in [6, 6.07) is 12.3. The highest BCUT2D eigenvalue weighted by Gasteiger charge is 2.05. The van der Waals surface area contributed by atoms with Crippen molar-refractivity contribution in [3.8, 4) is 0 Å². The maximum absolute atomic E-state index is 6.20. The molecule has 3 aromatic rings. The van der Waals surface area contributed by atoms with Crippen molar-refractivity contribution in [2.24, 2.45) is 0 Å². The lowest BCUT2D eigenvalue weighted by Gasteiger charge is -2.06. The maximum Gasteiger partial charge on any atom is 0.0794 e. The number of aromatic nitrogens is 1. The van der Waals surface area contributed by atoms with Crippen molar-refractivity contribution in [3.63, 3.8) is 0 Å². The van der Waals surface area contributed by atoms with Crippen LogP contribution in [0.3, 0.4) is 0 Å². The fourth-order valence-corrected chi connectivity index (χ4v) is 2.81. The molecule has 0 saturated carbocycles. The Morgan fingerprint density at radius 3 is 2.71 bits per heavy atom. The van der Waals surface area contributed by atoms with E-state index in [9.17, 15) is 0 Å². The highest BCUT2D eigenvalue weighted by atomic mass is 35.5. The van der Waals surface area contributed by atoms with Gasteiger partial charge >= 0.3 is 0 Å². The van der Waals surface area contributed by atoms with E-state index in [0.29, 0.717) is 0 Å². The molecule has 0 fully saturated rings. The highest BCUT2D eigenvalue weighted by molar-refractivity contribution is 7.07. The molecule has 0 N–H and O–H groups in total. The van der Waals surface area contributed by atoms with Gasteiger partial charge in [-0.2, -0.15) is 0 Å². The summed E-state index contributed by atoms with van der Waals surface area (Å²) in [6.45, 7) is 0. The predicted molar refractivity (Wildman–Crippen MR) is 73.9 cm³/mol. The number of halogens is 1. The molecule has 0 aliphatic rings. The number of hydrogen-bond donors (Lipinski definition) is 0. The Morgan fingerprint density at radius 2 is 1.88 bits per heavy atom. The van der Waals surface area contributed by atoms with Crippen molar-refractivity contribution >= 4 is 33.7 Å². The lowest BCUT2D eigenvalue weighted by molar-refractivity contribution is 1.12. The van der Waals surface area contributed by atoms with Crippen LogP contribution in [-0.4, -0.2) is 4.98 Å². The molecule has 1 nitrogen and oxygen atoms in total. The molecule has 0 atom stereocenters. The molecule has 1 aromatic heterocycles. The minimum atomic E-state index is 0.808. The van der Waals surface area contributed by atoms with Crippen molar-refractivity contribution in [3.05, 3.63) is 63.6 Å². The van der Waals surface area contributed by atoms with Crippen LogP contribution in [0, 0.1) is 0 Å². The lowest BCUT2D eigenvalue weighted by atomic mass is 10.0. The van der Waals surface area contributed by atoms with E-state index >= 15 is 0 Å². The Bertz CT molecular complexity index is 646. The summed E-state index contributed by atoms with van der Waals surface area (Å²) < 4.78 is 0. The Hall–Kier alpha value is -1.38. The lowest BCUT2D eigenvalue weighted by Crippen LogP contribution is -1.90. The van der Waals surface area contributed by atoms with Gasteiger partial charge in [0.2, 0.25) is 0 Å². The SMILES string of the molecule is Clc1cccc2c(Cc3cscn3)cccc12. The number of fused-ring (bicyclic) bond motifs is 1. The van der Waals surface area contributed by atoms with Crippen LogP contribution in [0.4, 0.5) is 0 Å². The van der Waals surface area contributed by atoms with Gasteiger partial charge in [-0.05, 0) is 17.0 Å². The van der Waals surface area contributed by atoms with Crippen LogP contribution in [0.5, 0.6) is 0 Å². The molecular weight excluding hydrogens is 250 g/mol. The molecule has 0 radical (unpaired) electrons. The molecule has 0 bridgehead atoms. The Labute approximate surface area is 109 Å². The zero-order valence-corrected chi connectivity index (χ0v) is 10.6. The van der Waals surface area contributed by atoms with E-state index in [0.717, 1.165) is 22.5 Å². The van der Waals surface area contributed by atoms with E-state index in [4.69, 9.17) is 11.6 Å². The van der Waals surface area contributed by atoms with Crippen LogP contribution < -0.4 is 0 Å². The van der Waals surface area contributed by atoms with Gasteiger partial charge in [0.05, 0.1) is 11.2 Å². The highest BCUT2D eigenvalue weighted by Crippen LogP contribution is 2.27. The molecular formula is C14H10ClNS. The molecule has 1 heterocycles. The van der Waals surface area contributed by atoms with Crippen LogP contribution in [0.15, 0.2) is 47.3 Å². The summed E-state index contributed by atoms with van der Waals surface area (Å²) in [5, 5.41) is 5.22. The van der Waals surface area contributed by atoms with Crippen molar-refractivity contribution in [2.75, 3.05) is 0 Å². The molecule has 0 aliphatic heterocycles. The summed E-state index contributed by atoms with van der Waals surface area (Å²) >= 11 is 7.83. The topological polar surface area (TPSA) is 12.9 Å². The van der Waals surface area contributed by atoms with Crippen LogP contribution in [-0.2, 0) is 6.42 Å². The molecule has 0 aliphatic carbocycles. The number of thiazole rings is 1. The van der Waals surface area contributed by atoms with E-state index in [1.807, 2.05) is 17.6 Å². The first-order valence-electron chi connectivity index (χ1n) is 5.38. The molecule has 84 valence electrons. The average Bonchev–Trinajstić information content (AvgIpc) is 2.83. The Kier molecular flexibility index (Phi) is 2.83. The van der Waals surface area contributed by atoms with Gasteiger partial charge in [0.15, 0.2) is 0 Å². The summed E-state index contributed by atoms with van der Waals surface area (Å²) in [5.41, 5.74) is 4.26. The van der Waals surface area contributed by atoms with Crippen LogP contribution in [0.1, 0.15) is 11.3 Å². The summed E-state index contributed by atoms with van der Waals surface area (Å²) in [7, 11) is 0. The van der Waals surface area contributed by atoms with Crippen LogP contribution in [0.25, 0.3) is 10.8 Å². The van der Waals surface area contributed by atoms with E-state index in [1.165, 1.54) is 10.9 Å². The van der Waals surface area contributed by atoms with Gasteiger partial charge in [-0.25, -0.2) is 4.98 Å². The number of hydrogen-bond acceptors (Lipinski definition) is 2. The normalized spacial score (nSPS) is 10.9. The van der Waals surface area contributed by atoms with Gasteiger partial charge in [-0.15, -0.1) is 11.3 Å². The zero-order valence-electron chi connectivity index (χ0n) is 9.06. The minimum absolute atomic E-state index is 0.808. The summed E-state index contributed by atoms with van der Waals surface area (Å²) in [6.07, 6.45) is 0.862. The fraction of sp³-hybridized carbons (Fsp3) is 0.0714. The van der Waals surface area contributed by atoms with Gasteiger partial charge < -0.3 is 0 Å². The van der Waals surface area contributed by atoms with Gasteiger partial charge in [0.1, 0.15) is 0 Å². The van der Waals surface area contributed by atoms with Crippen molar-refractivity contribution in [2.45, 2.75) is 6.42 Å². The first-order valence-corrected chi connectivity index (χ1v) is 6.70. The summed E-state index contributed by atoms with van der Waals surface area (Å²) in [5.74, 6) is 0. The minimum Gasteiger partial charge on any atom is -0.249 e. The first-order chi connectivity index (χ1) is 8.34. The smallest absolute Gasteiger partial charge is 0.0794 e. The molecule has 17 heavy (non-hydrogen) atoms. The maximum atomic E-state index is 6.20. The van der Waals surface area contributed by atoms with Crippen LogP contribution in [0.2, 0.25) is 5.02 Å². The molecule has 3 heteroatoms. The third-order valence-corrected chi connectivity index (χ3v) is 3.78. The van der Waals surface area contributed by atoms with Crippen molar-refractivity contribution in [1.82, 2.24) is 4.98 Å². The standard InChI is InChI=1S/C14H10ClNS/c15-14-6-2-4-12-10(3-1-5-13(12)14)7-11-8-17-9-16-11/h1-6,8-9H,7H2.